The number of benzene rings is 1. The highest BCUT2D eigenvalue weighted by molar-refractivity contribution is 6.03. The van der Waals surface area contributed by atoms with Crippen molar-refractivity contribution in [3.05, 3.63) is 23.8 Å². The Morgan fingerprint density at radius 1 is 1.33 bits per heavy atom. The Balaban J connectivity index is 1.89. The maximum Gasteiger partial charge on any atom is 0.246 e. The Morgan fingerprint density at radius 3 is 2.90 bits per heavy atom. The van der Waals surface area contributed by atoms with Gasteiger partial charge >= 0.3 is 0 Å². The van der Waals surface area contributed by atoms with E-state index in [9.17, 15) is 9.59 Å². The third-order valence-electron chi connectivity index (χ3n) is 4.11. The van der Waals surface area contributed by atoms with Crippen molar-refractivity contribution < 1.29 is 9.59 Å². The number of amides is 2. The third kappa shape index (κ3) is 2.35. The number of nitrogens with one attached hydrogen (secondary N) is 3. The number of likely N-dealkylation sites (N-methyl/N-ethyl adjacent to an activating group) is 1. The summed E-state index contributed by atoms with van der Waals surface area (Å²) in [5.74, 6) is 0.0183. The number of hydrogen-bond acceptors (Lipinski definition) is 4. The van der Waals surface area contributed by atoms with Crippen LogP contribution in [0.15, 0.2) is 18.2 Å². The number of carbonyl (C=O) groups is 2. The summed E-state index contributed by atoms with van der Waals surface area (Å²) in [6.07, 6.45) is 0. The zero-order valence-electron chi connectivity index (χ0n) is 12.3. The molecule has 6 nitrogen and oxygen atoms in total. The van der Waals surface area contributed by atoms with Crippen molar-refractivity contribution in [2.45, 2.75) is 25.9 Å². The monoisotopic (exact) mass is 288 g/mol. The number of fused-ring (bicyclic) bond motifs is 1. The summed E-state index contributed by atoms with van der Waals surface area (Å²) in [4.78, 5) is 25.8. The summed E-state index contributed by atoms with van der Waals surface area (Å²) in [5, 5.41) is 8.94. The summed E-state index contributed by atoms with van der Waals surface area (Å²) in [7, 11) is 0. The van der Waals surface area contributed by atoms with Gasteiger partial charge in [-0.2, -0.15) is 0 Å². The van der Waals surface area contributed by atoms with E-state index >= 15 is 0 Å². The van der Waals surface area contributed by atoms with Crippen molar-refractivity contribution in [3.8, 4) is 0 Å². The lowest BCUT2D eigenvalue weighted by Crippen LogP contribution is -2.54. The third-order valence-corrected chi connectivity index (χ3v) is 4.11. The van der Waals surface area contributed by atoms with E-state index in [1.54, 1.807) is 0 Å². The molecule has 6 heteroatoms. The van der Waals surface area contributed by atoms with E-state index in [-0.39, 0.29) is 23.9 Å². The quantitative estimate of drug-likeness (QED) is 0.762. The fourth-order valence-electron chi connectivity index (χ4n) is 2.97. The standard InChI is InChI=1S/C15H20N4O2/c1-3-16-13-11-5-4-10(8-12(11)18-15(13)21)19-7-6-17-14(20)9(19)2/h4-5,8-9,13,16H,3,6-7H2,1-2H3,(H,17,20)(H,18,21). The molecule has 2 heterocycles. The number of carbonyl (C=O) groups excluding carboxylic acids is 2. The molecule has 3 N–H and O–H groups in total. The van der Waals surface area contributed by atoms with Crippen LogP contribution in [0.5, 0.6) is 0 Å². The van der Waals surface area contributed by atoms with Crippen LogP contribution in [0.1, 0.15) is 25.5 Å². The summed E-state index contributed by atoms with van der Waals surface area (Å²) in [6.45, 7) is 6.03. The fourth-order valence-corrected chi connectivity index (χ4v) is 2.97. The van der Waals surface area contributed by atoms with Crippen LogP contribution >= 0.6 is 0 Å². The first-order valence-electron chi connectivity index (χ1n) is 7.34. The lowest BCUT2D eigenvalue weighted by atomic mass is 10.1. The van der Waals surface area contributed by atoms with E-state index in [2.05, 4.69) is 20.9 Å². The molecule has 0 aliphatic carbocycles. The first-order chi connectivity index (χ1) is 10.1. The lowest BCUT2D eigenvalue weighted by molar-refractivity contribution is -0.123. The predicted octanol–water partition coefficient (Wildman–Crippen LogP) is 0.614. The van der Waals surface area contributed by atoms with Crippen molar-refractivity contribution in [1.29, 1.82) is 0 Å². The molecule has 1 aromatic carbocycles. The number of nitrogens with zero attached hydrogens (tertiary/aromatic N) is 1. The summed E-state index contributed by atoms with van der Waals surface area (Å²) in [5.41, 5.74) is 2.77. The molecule has 2 aliphatic heterocycles. The molecule has 0 bridgehead atoms. The van der Waals surface area contributed by atoms with Crippen LogP contribution in [0.2, 0.25) is 0 Å². The SMILES string of the molecule is CCNC1C(=O)Nc2cc(N3CCNC(=O)C3C)ccc21. The average Bonchev–Trinajstić information content (AvgIpc) is 2.78. The zero-order chi connectivity index (χ0) is 15.0. The molecular formula is C15H20N4O2. The van der Waals surface area contributed by atoms with Crippen LogP contribution in [0.25, 0.3) is 0 Å². The second-order valence-corrected chi connectivity index (χ2v) is 5.41. The normalized spacial score (nSPS) is 24.6. The van der Waals surface area contributed by atoms with Crippen LogP contribution in [-0.4, -0.2) is 37.5 Å². The van der Waals surface area contributed by atoms with Crippen molar-refractivity contribution in [2.24, 2.45) is 0 Å². The highest BCUT2D eigenvalue weighted by Crippen LogP contribution is 2.34. The Labute approximate surface area is 123 Å². The van der Waals surface area contributed by atoms with Crippen LogP contribution in [0, 0.1) is 0 Å². The molecule has 0 radical (unpaired) electrons. The molecule has 2 aliphatic rings. The van der Waals surface area contributed by atoms with E-state index in [1.807, 2.05) is 32.0 Å². The molecule has 1 fully saturated rings. The van der Waals surface area contributed by atoms with E-state index in [4.69, 9.17) is 0 Å². The van der Waals surface area contributed by atoms with Crippen LogP contribution in [0.3, 0.4) is 0 Å². The smallest absolute Gasteiger partial charge is 0.246 e. The van der Waals surface area contributed by atoms with E-state index in [0.717, 1.165) is 30.0 Å². The van der Waals surface area contributed by atoms with Gasteiger partial charge in [0.1, 0.15) is 12.1 Å². The van der Waals surface area contributed by atoms with Crippen molar-refractivity contribution >= 4 is 23.2 Å². The Hall–Kier alpha value is -2.08. The molecule has 2 amide bonds. The van der Waals surface area contributed by atoms with Gasteiger partial charge in [0.05, 0.1) is 0 Å². The predicted molar refractivity (Wildman–Crippen MR) is 81.3 cm³/mol. The van der Waals surface area contributed by atoms with Crippen LogP contribution in [0.4, 0.5) is 11.4 Å². The number of rotatable bonds is 3. The summed E-state index contributed by atoms with van der Waals surface area (Å²) in [6, 6.07) is 5.44. The molecule has 21 heavy (non-hydrogen) atoms. The Morgan fingerprint density at radius 2 is 2.14 bits per heavy atom. The molecule has 0 aromatic heterocycles. The first kappa shape index (κ1) is 13.9. The minimum absolute atomic E-state index is 0.0200. The number of hydrogen-bond donors (Lipinski definition) is 3. The van der Waals surface area contributed by atoms with Gasteiger partial charge in [-0.3, -0.25) is 9.59 Å². The van der Waals surface area contributed by atoms with Gasteiger partial charge in [-0.05, 0) is 25.6 Å². The molecule has 2 unspecified atom stereocenters. The van der Waals surface area contributed by atoms with Crippen molar-refractivity contribution in [3.63, 3.8) is 0 Å². The van der Waals surface area contributed by atoms with Crippen molar-refractivity contribution in [2.75, 3.05) is 29.9 Å². The molecule has 0 spiro atoms. The van der Waals surface area contributed by atoms with Gasteiger partial charge in [-0.25, -0.2) is 0 Å². The van der Waals surface area contributed by atoms with Crippen LogP contribution in [-0.2, 0) is 9.59 Å². The van der Waals surface area contributed by atoms with Gasteiger partial charge in [-0.1, -0.05) is 13.0 Å². The Bertz CT molecular complexity index is 587. The molecule has 2 atom stereocenters. The van der Waals surface area contributed by atoms with E-state index in [0.29, 0.717) is 6.54 Å². The minimum atomic E-state index is -0.277. The molecule has 0 saturated carbocycles. The highest BCUT2D eigenvalue weighted by atomic mass is 16.2. The fraction of sp³-hybridized carbons (Fsp3) is 0.467. The number of piperazine rings is 1. The largest absolute Gasteiger partial charge is 0.358 e. The zero-order valence-corrected chi connectivity index (χ0v) is 12.3. The topological polar surface area (TPSA) is 73.5 Å². The van der Waals surface area contributed by atoms with Crippen molar-refractivity contribution in [1.82, 2.24) is 10.6 Å². The lowest BCUT2D eigenvalue weighted by Gasteiger charge is -2.34. The van der Waals surface area contributed by atoms with Gasteiger partial charge in [0.25, 0.3) is 0 Å². The molecule has 1 saturated heterocycles. The van der Waals surface area contributed by atoms with Gasteiger partial charge in [0.15, 0.2) is 0 Å². The second-order valence-electron chi connectivity index (χ2n) is 5.41. The maximum atomic E-state index is 12.0. The maximum absolute atomic E-state index is 12.0. The van der Waals surface area contributed by atoms with E-state index < -0.39 is 0 Å². The second kappa shape index (κ2) is 5.37. The van der Waals surface area contributed by atoms with Crippen LogP contribution < -0.4 is 20.9 Å². The molecular weight excluding hydrogens is 268 g/mol. The van der Waals surface area contributed by atoms with Gasteiger partial charge in [0, 0.05) is 30.0 Å². The molecule has 3 rings (SSSR count). The molecule has 1 aromatic rings. The summed E-state index contributed by atoms with van der Waals surface area (Å²) >= 11 is 0. The van der Waals surface area contributed by atoms with Gasteiger partial charge in [-0.15, -0.1) is 0 Å². The Kier molecular flexibility index (Phi) is 3.55. The highest BCUT2D eigenvalue weighted by Gasteiger charge is 2.31. The van der Waals surface area contributed by atoms with Gasteiger partial charge < -0.3 is 20.9 Å². The average molecular weight is 288 g/mol. The molecule has 112 valence electrons. The number of anilines is 2. The van der Waals surface area contributed by atoms with E-state index in [1.165, 1.54) is 0 Å². The first-order valence-corrected chi connectivity index (χ1v) is 7.34. The minimum Gasteiger partial charge on any atom is -0.358 e. The van der Waals surface area contributed by atoms with Gasteiger partial charge in [0.2, 0.25) is 11.8 Å². The summed E-state index contributed by atoms with van der Waals surface area (Å²) < 4.78 is 0.